The molecule has 4 rings (SSSR count). The van der Waals surface area contributed by atoms with Crippen molar-refractivity contribution < 1.29 is 27.5 Å². The molecular formula is C30H25F3N4O3. The van der Waals surface area contributed by atoms with E-state index < -0.39 is 30.0 Å². The number of amides is 2. The van der Waals surface area contributed by atoms with Crippen molar-refractivity contribution in [3.8, 4) is 23.7 Å². The van der Waals surface area contributed by atoms with E-state index in [9.17, 15) is 28.0 Å². The van der Waals surface area contributed by atoms with Crippen LogP contribution in [0.1, 0.15) is 61.7 Å². The summed E-state index contributed by atoms with van der Waals surface area (Å²) in [6.45, 7) is 2.35. The van der Waals surface area contributed by atoms with Gasteiger partial charge in [0.2, 0.25) is 5.91 Å². The average molecular weight is 547 g/mol. The Morgan fingerprint density at radius 3 is 2.62 bits per heavy atom. The van der Waals surface area contributed by atoms with Crippen molar-refractivity contribution in [1.29, 1.82) is 5.26 Å². The van der Waals surface area contributed by atoms with Gasteiger partial charge >= 0.3 is 6.36 Å². The zero-order valence-corrected chi connectivity index (χ0v) is 21.4. The number of anilines is 1. The van der Waals surface area contributed by atoms with Crippen molar-refractivity contribution in [1.82, 2.24) is 5.32 Å². The van der Waals surface area contributed by atoms with E-state index in [1.165, 1.54) is 18.2 Å². The second-order valence-corrected chi connectivity index (χ2v) is 9.34. The van der Waals surface area contributed by atoms with E-state index in [1.54, 1.807) is 19.1 Å². The van der Waals surface area contributed by atoms with Crippen LogP contribution in [0.15, 0.2) is 60.7 Å². The molecule has 3 aromatic carbocycles. The predicted octanol–water partition coefficient (Wildman–Crippen LogP) is 5.00. The number of nitriles is 1. The highest BCUT2D eigenvalue weighted by Gasteiger charge is 2.33. The molecular weight excluding hydrogens is 521 g/mol. The zero-order valence-electron chi connectivity index (χ0n) is 21.4. The minimum absolute atomic E-state index is 0.0159. The molecule has 0 bridgehead atoms. The molecule has 2 unspecified atom stereocenters. The quantitative estimate of drug-likeness (QED) is 0.361. The van der Waals surface area contributed by atoms with E-state index in [0.29, 0.717) is 29.7 Å². The maximum Gasteiger partial charge on any atom is 0.573 e. The third-order valence-electron chi connectivity index (χ3n) is 6.48. The molecule has 4 N–H and O–H groups in total. The smallest absolute Gasteiger partial charge is 0.405 e. The molecule has 204 valence electrons. The Morgan fingerprint density at radius 1 is 1.15 bits per heavy atom. The first-order valence-corrected chi connectivity index (χ1v) is 12.4. The van der Waals surface area contributed by atoms with E-state index in [4.69, 9.17) is 5.73 Å². The highest BCUT2D eigenvalue weighted by molar-refractivity contribution is 5.97. The number of hydrogen-bond acceptors (Lipinski definition) is 5. The first kappa shape index (κ1) is 28.1. The number of carbonyl (C=O) groups is 2. The summed E-state index contributed by atoms with van der Waals surface area (Å²) in [6.07, 6.45) is -4.63. The highest BCUT2D eigenvalue weighted by atomic mass is 19.4. The molecule has 0 aromatic heterocycles. The van der Waals surface area contributed by atoms with Gasteiger partial charge in [0.15, 0.2) is 0 Å². The van der Waals surface area contributed by atoms with Crippen LogP contribution in [0.3, 0.4) is 0 Å². The van der Waals surface area contributed by atoms with Gasteiger partial charge in [-0.3, -0.25) is 9.59 Å². The van der Waals surface area contributed by atoms with Crippen LogP contribution in [0.4, 0.5) is 18.9 Å². The summed E-state index contributed by atoms with van der Waals surface area (Å²) in [4.78, 5) is 24.6. The number of rotatable bonds is 7. The van der Waals surface area contributed by atoms with Gasteiger partial charge in [-0.1, -0.05) is 30.0 Å². The van der Waals surface area contributed by atoms with Crippen molar-refractivity contribution >= 4 is 17.5 Å². The van der Waals surface area contributed by atoms with E-state index in [1.807, 2.05) is 30.3 Å². The van der Waals surface area contributed by atoms with E-state index in [2.05, 4.69) is 27.2 Å². The maximum absolute atomic E-state index is 13.3. The second kappa shape index (κ2) is 11.8. The maximum atomic E-state index is 13.3. The lowest BCUT2D eigenvalue weighted by Gasteiger charge is -2.21. The first-order valence-electron chi connectivity index (χ1n) is 12.4. The summed E-state index contributed by atoms with van der Waals surface area (Å²) in [5.41, 5.74) is 8.80. The number of halogens is 3. The molecule has 2 amide bonds. The van der Waals surface area contributed by atoms with Gasteiger partial charge in [0.05, 0.1) is 18.1 Å². The normalized spacial score (nSPS) is 14.5. The number of para-hydroxylation sites is 1. The van der Waals surface area contributed by atoms with Crippen LogP contribution in [0.5, 0.6) is 5.75 Å². The largest absolute Gasteiger partial charge is 0.573 e. The van der Waals surface area contributed by atoms with Crippen LogP contribution < -0.4 is 21.1 Å². The molecule has 3 aromatic rings. The van der Waals surface area contributed by atoms with Gasteiger partial charge in [0.25, 0.3) is 5.91 Å². The van der Waals surface area contributed by atoms with Crippen LogP contribution in [-0.4, -0.2) is 30.8 Å². The Balaban J connectivity index is 1.60. The molecule has 0 spiro atoms. The number of benzene rings is 3. The number of carbonyl (C=O) groups excluding carboxylic acids is 2. The van der Waals surface area contributed by atoms with Gasteiger partial charge in [-0.2, -0.15) is 5.26 Å². The van der Waals surface area contributed by atoms with Gasteiger partial charge in [0.1, 0.15) is 5.75 Å². The standard InChI is InChI=1S/C30H25F3N4O3/c1-18-14-21(28(35)38)10-9-20(18)8-6-19-7-11-27(40-30(31,32)33)25(15-19)29(39)37-23(12-13-34)16-22-17-36-26-5-3-2-4-24(22)26/h2-5,7,9-11,14-15,22-23,36H,12,16-17H2,1H3,(H2,35,38)(H,37,39). The molecule has 0 saturated carbocycles. The third kappa shape index (κ3) is 6.91. The SMILES string of the molecule is Cc1cc(C(N)=O)ccc1C#Cc1ccc(OC(F)(F)F)c(C(=O)NC(CC#N)CC2CNc3ccccc32)c1. The number of nitrogens with one attached hydrogen (secondary N) is 2. The number of ether oxygens (including phenoxy) is 1. The Labute approximate surface area is 229 Å². The van der Waals surface area contributed by atoms with Crippen molar-refractivity contribution in [3.05, 3.63) is 94.0 Å². The number of alkyl halides is 3. The fourth-order valence-electron chi connectivity index (χ4n) is 4.57. The Morgan fingerprint density at radius 2 is 1.93 bits per heavy atom. The number of aryl methyl sites for hydroxylation is 1. The van der Waals surface area contributed by atoms with Crippen molar-refractivity contribution in [2.24, 2.45) is 5.73 Å². The fourth-order valence-corrected chi connectivity index (χ4v) is 4.57. The third-order valence-corrected chi connectivity index (χ3v) is 6.48. The van der Waals surface area contributed by atoms with Crippen LogP contribution in [0, 0.1) is 30.1 Å². The minimum atomic E-state index is -5.02. The zero-order chi connectivity index (χ0) is 28.9. The lowest BCUT2D eigenvalue weighted by molar-refractivity contribution is -0.274. The Kier molecular flexibility index (Phi) is 8.30. The van der Waals surface area contributed by atoms with E-state index >= 15 is 0 Å². The first-order chi connectivity index (χ1) is 19.0. The molecule has 0 radical (unpaired) electrons. The number of nitrogens with two attached hydrogens (primary N) is 1. The van der Waals surface area contributed by atoms with E-state index in [0.717, 1.165) is 17.3 Å². The van der Waals surface area contributed by atoms with E-state index in [-0.39, 0.29) is 23.5 Å². The summed E-state index contributed by atoms with van der Waals surface area (Å²) in [5, 5.41) is 15.4. The van der Waals surface area contributed by atoms with Gasteiger partial charge in [-0.05, 0) is 66.9 Å². The number of hydrogen-bond donors (Lipinski definition) is 3. The fraction of sp³-hybridized carbons (Fsp3) is 0.233. The van der Waals surface area contributed by atoms with Crippen molar-refractivity contribution in [2.45, 2.75) is 38.1 Å². The van der Waals surface area contributed by atoms with Crippen LogP contribution >= 0.6 is 0 Å². The molecule has 1 heterocycles. The Bertz CT molecular complexity index is 1550. The van der Waals surface area contributed by atoms with Gasteiger partial charge in [0, 0.05) is 40.9 Å². The van der Waals surface area contributed by atoms with Crippen molar-refractivity contribution in [3.63, 3.8) is 0 Å². The number of nitrogens with zero attached hydrogens (tertiary/aromatic N) is 1. The monoisotopic (exact) mass is 546 g/mol. The molecule has 7 nitrogen and oxygen atoms in total. The average Bonchev–Trinajstić information content (AvgIpc) is 3.30. The van der Waals surface area contributed by atoms with Crippen LogP contribution in [-0.2, 0) is 0 Å². The van der Waals surface area contributed by atoms with Crippen molar-refractivity contribution in [2.75, 3.05) is 11.9 Å². The van der Waals surface area contributed by atoms with Crippen LogP contribution in [0.2, 0.25) is 0 Å². The summed E-state index contributed by atoms with van der Waals surface area (Å²) < 4.78 is 43.5. The molecule has 0 fully saturated rings. The minimum Gasteiger partial charge on any atom is -0.405 e. The van der Waals surface area contributed by atoms with Gasteiger partial charge in [-0.25, -0.2) is 0 Å². The predicted molar refractivity (Wildman–Crippen MR) is 143 cm³/mol. The lowest BCUT2D eigenvalue weighted by Crippen LogP contribution is -2.36. The van der Waals surface area contributed by atoms with Gasteiger partial charge < -0.3 is 21.1 Å². The molecule has 1 aliphatic rings. The molecule has 0 aliphatic carbocycles. The molecule has 2 atom stereocenters. The summed E-state index contributed by atoms with van der Waals surface area (Å²) >= 11 is 0. The van der Waals surface area contributed by atoms with Gasteiger partial charge in [-0.15, -0.1) is 13.2 Å². The summed E-state index contributed by atoms with van der Waals surface area (Å²) in [6, 6.07) is 17.4. The summed E-state index contributed by atoms with van der Waals surface area (Å²) in [7, 11) is 0. The Hall–Kier alpha value is -4.96. The molecule has 0 saturated heterocycles. The second-order valence-electron chi connectivity index (χ2n) is 9.34. The molecule has 40 heavy (non-hydrogen) atoms. The lowest BCUT2D eigenvalue weighted by atomic mass is 9.92. The molecule has 10 heteroatoms. The van der Waals surface area contributed by atoms with Crippen LogP contribution in [0.25, 0.3) is 0 Å². The summed E-state index contributed by atoms with van der Waals surface area (Å²) in [5.74, 6) is 3.68. The molecule has 1 aliphatic heterocycles. The number of primary amides is 1. The highest BCUT2D eigenvalue weighted by Crippen LogP contribution is 2.34. The topological polar surface area (TPSA) is 117 Å². The number of fused-ring (bicyclic) bond motifs is 1.